The maximum atomic E-state index is 7.47. The zero-order valence-electron chi connectivity index (χ0n) is 9.87. The van der Waals surface area contributed by atoms with Crippen LogP contribution in [0.4, 0.5) is 0 Å². The van der Waals surface area contributed by atoms with E-state index < -0.39 is 0 Å². The van der Waals surface area contributed by atoms with Gasteiger partial charge in [-0.05, 0) is 28.9 Å². The van der Waals surface area contributed by atoms with E-state index in [2.05, 4.69) is 45.2 Å². The first-order valence-corrected chi connectivity index (χ1v) is 6.24. The smallest absolute Gasteiger partial charge is 0.0357 e. The number of thiophene rings is 1. The summed E-state index contributed by atoms with van der Waals surface area (Å²) in [5.74, 6) is 1.06. The molecule has 1 rings (SSSR count). The minimum Gasteiger partial charge on any atom is -0.308 e. The lowest BCUT2D eigenvalue weighted by molar-refractivity contribution is 0.836. The molecule has 82 valence electrons. The first-order valence-electron chi connectivity index (χ1n) is 5.36. The van der Waals surface area contributed by atoms with Crippen LogP contribution in [-0.4, -0.2) is 6.21 Å². The van der Waals surface area contributed by atoms with Crippen molar-refractivity contribution in [3.63, 3.8) is 0 Å². The molecule has 1 aromatic rings. The van der Waals surface area contributed by atoms with Crippen LogP contribution in [-0.2, 0) is 0 Å². The molecule has 1 N–H and O–H groups in total. The SMILES string of the molecule is CC(C)/C=C\c1scc(C(C)C)c1C=N. The van der Waals surface area contributed by atoms with Crippen LogP contribution in [0, 0.1) is 11.3 Å². The predicted molar refractivity (Wildman–Crippen MR) is 70.2 cm³/mol. The van der Waals surface area contributed by atoms with E-state index in [4.69, 9.17) is 5.41 Å². The van der Waals surface area contributed by atoms with Crippen LogP contribution in [0.1, 0.15) is 49.6 Å². The van der Waals surface area contributed by atoms with Crippen LogP contribution in [0.25, 0.3) is 6.08 Å². The van der Waals surface area contributed by atoms with Crippen LogP contribution in [0.2, 0.25) is 0 Å². The van der Waals surface area contributed by atoms with Gasteiger partial charge in [0.05, 0.1) is 0 Å². The number of rotatable bonds is 4. The molecule has 15 heavy (non-hydrogen) atoms. The van der Waals surface area contributed by atoms with Crippen molar-refractivity contribution in [2.45, 2.75) is 33.6 Å². The summed E-state index contributed by atoms with van der Waals surface area (Å²) in [5.41, 5.74) is 2.38. The van der Waals surface area contributed by atoms with Crippen molar-refractivity contribution >= 4 is 23.6 Å². The van der Waals surface area contributed by atoms with Crippen LogP contribution in [0.5, 0.6) is 0 Å². The van der Waals surface area contributed by atoms with Gasteiger partial charge in [0.1, 0.15) is 0 Å². The van der Waals surface area contributed by atoms with E-state index in [0.717, 1.165) is 5.56 Å². The van der Waals surface area contributed by atoms with E-state index in [9.17, 15) is 0 Å². The highest BCUT2D eigenvalue weighted by Gasteiger charge is 2.10. The van der Waals surface area contributed by atoms with Gasteiger partial charge in [-0.1, -0.05) is 33.8 Å². The number of nitrogens with one attached hydrogen (secondary N) is 1. The van der Waals surface area contributed by atoms with Gasteiger partial charge < -0.3 is 5.41 Å². The van der Waals surface area contributed by atoms with Gasteiger partial charge in [0, 0.05) is 16.7 Å². The largest absolute Gasteiger partial charge is 0.308 e. The molecule has 0 fully saturated rings. The number of hydrogen-bond donors (Lipinski definition) is 1. The summed E-state index contributed by atoms with van der Waals surface area (Å²) in [6.07, 6.45) is 5.80. The Labute approximate surface area is 96.4 Å². The second-order valence-electron chi connectivity index (χ2n) is 4.37. The molecule has 0 saturated heterocycles. The quantitative estimate of drug-likeness (QED) is 0.722. The normalized spacial score (nSPS) is 11.9. The third-order valence-electron chi connectivity index (χ3n) is 2.29. The molecule has 0 unspecified atom stereocenters. The molecule has 1 heterocycles. The van der Waals surface area contributed by atoms with Crippen molar-refractivity contribution in [2.24, 2.45) is 5.92 Å². The van der Waals surface area contributed by atoms with Crippen molar-refractivity contribution in [1.29, 1.82) is 5.41 Å². The lowest BCUT2D eigenvalue weighted by Crippen LogP contribution is -1.91. The van der Waals surface area contributed by atoms with E-state index in [0.29, 0.717) is 11.8 Å². The monoisotopic (exact) mass is 221 g/mol. The van der Waals surface area contributed by atoms with Crippen LogP contribution in [0.15, 0.2) is 11.5 Å². The average Bonchev–Trinajstić information content (AvgIpc) is 2.57. The maximum absolute atomic E-state index is 7.47. The Morgan fingerprint density at radius 1 is 1.27 bits per heavy atom. The lowest BCUT2D eigenvalue weighted by Gasteiger charge is -2.03. The molecule has 0 aliphatic rings. The maximum Gasteiger partial charge on any atom is 0.0357 e. The topological polar surface area (TPSA) is 23.9 Å². The molecule has 0 spiro atoms. The summed E-state index contributed by atoms with van der Waals surface area (Å²) < 4.78 is 0. The van der Waals surface area contributed by atoms with Gasteiger partial charge in [0.2, 0.25) is 0 Å². The molecule has 0 radical (unpaired) electrons. The third kappa shape index (κ3) is 3.03. The summed E-state index contributed by atoms with van der Waals surface area (Å²) in [6.45, 7) is 8.67. The zero-order valence-corrected chi connectivity index (χ0v) is 10.7. The van der Waals surface area contributed by atoms with Crippen molar-refractivity contribution in [3.05, 3.63) is 27.5 Å². The van der Waals surface area contributed by atoms with Gasteiger partial charge in [0.25, 0.3) is 0 Å². The van der Waals surface area contributed by atoms with Crippen LogP contribution < -0.4 is 0 Å². The average molecular weight is 221 g/mol. The predicted octanol–water partition coefficient (Wildman–Crippen LogP) is 4.54. The van der Waals surface area contributed by atoms with Crippen molar-refractivity contribution in [3.8, 4) is 0 Å². The molecule has 1 nitrogen and oxygen atoms in total. The Balaban J connectivity index is 3.04. The molecule has 0 aliphatic carbocycles. The molecule has 1 aromatic heterocycles. The Bertz CT molecular complexity index is 359. The summed E-state index contributed by atoms with van der Waals surface area (Å²) in [7, 11) is 0. The highest BCUT2D eigenvalue weighted by atomic mass is 32.1. The van der Waals surface area contributed by atoms with Crippen molar-refractivity contribution in [2.75, 3.05) is 0 Å². The summed E-state index contributed by atoms with van der Waals surface area (Å²) in [6, 6.07) is 0. The second-order valence-corrected chi connectivity index (χ2v) is 5.28. The molecule has 0 amide bonds. The molecule has 0 aromatic carbocycles. The third-order valence-corrected chi connectivity index (χ3v) is 3.27. The van der Waals surface area contributed by atoms with E-state index >= 15 is 0 Å². The fourth-order valence-electron chi connectivity index (χ4n) is 1.41. The summed E-state index contributed by atoms with van der Waals surface area (Å²) in [5, 5.41) is 9.64. The Morgan fingerprint density at radius 2 is 1.93 bits per heavy atom. The van der Waals surface area contributed by atoms with Crippen molar-refractivity contribution < 1.29 is 0 Å². The minimum atomic E-state index is 0.499. The first-order chi connectivity index (χ1) is 7.06. The molecule has 0 bridgehead atoms. The Kier molecular flexibility index (Phi) is 4.28. The van der Waals surface area contributed by atoms with Gasteiger partial charge in [-0.2, -0.15) is 0 Å². The van der Waals surface area contributed by atoms with Gasteiger partial charge in [-0.15, -0.1) is 11.3 Å². The highest BCUT2D eigenvalue weighted by Crippen LogP contribution is 2.28. The summed E-state index contributed by atoms with van der Waals surface area (Å²) >= 11 is 1.73. The Morgan fingerprint density at radius 3 is 2.40 bits per heavy atom. The standard InChI is InChI=1S/C13H19NS/c1-9(2)5-6-13-11(7-14)12(8-15-13)10(3)4/h5-10,14H,1-4H3/b6-5-,14-7?. The summed E-state index contributed by atoms with van der Waals surface area (Å²) in [4.78, 5) is 1.21. The Hall–Kier alpha value is -0.890. The van der Waals surface area contributed by atoms with Crippen molar-refractivity contribution in [1.82, 2.24) is 0 Å². The van der Waals surface area contributed by atoms with E-state index in [1.165, 1.54) is 16.7 Å². The van der Waals surface area contributed by atoms with Crippen LogP contribution >= 0.6 is 11.3 Å². The zero-order chi connectivity index (χ0) is 11.4. The number of allylic oxidation sites excluding steroid dienone is 1. The minimum absolute atomic E-state index is 0.499. The molecule has 0 aliphatic heterocycles. The fraction of sp³-hybridized carbons (Fsp3) is 0.462. The van der Waals surface area contributed by atoms with E-state index in [1.807, 2.05) is 0 Å². The van der Waals surface area contributed by atoms with Gasteiger partial charge in [-0.25, -0.2) is 0 Å². The molecular weight excluding hydrogens is 202 g/mol. The molecular formula is C13H19NS. The fourth-order valence-corrected chi connectivity index (χ4v) is 2.52. The van der Waals surface area contributed by atoms with Crippen LogP contribution in [0.3, 0.4) is 0 Å². The first kappa shape index (κ1) is 12.2. The van der Waals surface area contributed by atoms with Gasteiger partial charge in [-0.3, -0.25) is 0 Å². The molecule has 2 heteroatoms. The number of hydrogen-bond acceptors (Lipinski definition) is 2. The molecule has 0 atom stereocenters. The second kappa shape index (κ2) is 5.26. The van der Waals surface area contributed by atoms with E-state index in [-0.39, 0.29) is 0 Å². The van der Waals surface area contributed by atoms with Gasteiger partial charge >= 0.3 is 0 Å². The highest BCUT2D eigenvalue weighted by molar-refractivity contribution is 7.11. The lowest BCUT2D eigenvalue weighted by atomic mass is 10.0. The van der Waals surface area contributed by atoms with E-state index in [1.54, 1.807) is 11.3 Å². The van der Waals surface area contributed by atoms with Gasteiger partial charge in [0.15, 0.2) is 0 Å². The molecule has 0 saturated carbocycles.